The number of pyridine rings is 1. The lowest BCUT2D eigenvalue weighted by Gasteiger charge is -2.53. The van der Waals surface area contributed by atoms with Crippen LogP contribution in [0.2, 0.25) is 0 Å². The van der Waals surface area contributed by atoms with Crippen molar-refractivity contribution in [3.05, 3.63) is 29.5 Å². The SMILES string of the molecule is Nc1nc(C(=NOCCF)C(=O)N[C@@H]2C(=O)N3CC(Sc4ccncc4SCC(N)CO)(C(=O)O)CS[C@H]23)cs1. The van der Waals surface area contributed by atoms with Gasteiger partial charge in [0.15, 0.2) is 10.8 Å². The Bertz CT molecular complexity index is 1290. The molecule has 2 fully saturated rings. The number of nitrogen functional groups attached to an aromatic ring is 1. The van der Waals surface area contributed by atoms with E-state index in [1.807, 2.05) is 0 Å². The first-order valence-corrected chi connectivity index (χ1v) is 15.5. The first kappa shape index (κ1) is 30.3. The molecule has 4 atom stereocenters. The highest BCUT2D eigenvalue weighted by Gasteiger charge is 2.58. The Morgan fingerprint density at radius 1 is 1.43 bits per heavy atom. The zero-order valence-corrected chi connectivity index (χ0v) is 24.0. The molecule has 0 spiro atoms. The Hall–Kier alpha value is -2.64. The number of nitrogens with one attached hydrogen (secondary N) is 1. The topological polar surface area (TPSA) is 206 Å². The Labute approximate surface area is 244 Å². The van der Waals surface area contributed by atoms with Crippen LogP contribution >= 0.6 is 46.6 Å². The van der Waals surface area contributed by atoms with Crippen LogP contribution in [-0.4, -0.2) is 109 Å². The van der Waals surface area contributed by atoms with Gasteiger partial charge < -0.3 is 36.7 Å². The smallest absolute Gasteiger partial charge is 0.322 e. The number of aliphatic carboxylic acids is 1. The summed E-state index contributed by atoms with van der Waals surface area (Å²) in [6.07, 6.45) is 3.16. The third-order valence-electron chi connectivity index (χ3n) is 5.77. The number of halogens is 1. The largest absolute Gasteiger partial charge is 0.480 e. The van der Waals surface area contributed by atoms with Gasteiger partial charge in [0.1, 0.15) is 35.1 Å². The van der Waals surface area contributed by atoms with Crippen molar-refractivity contribution in [3.63, 3.8) is 0 Å². The molecular formula is C22H26FN7O6S4. The number of β-lactam (4-membered cyclic amide) rings is 1. The van der Waals surface area contributed by atoms with Crippen molar-refractivity contribution < 1.29 is 33.8 Å². The number of carbonyl (C=O) groups is 3. The molecule has 13 nitrogen and oxygen atoms in total. The molecule has 0 aromatic carbocycles. The van der Waals surface area contributed by atoms with Gasteiger partial charge in [-0.2, -0.15) is 0 Å². The zero-order chi connectivity index (χ0) is 28.9. The minimum atomic E-state index is -1.35. The van der Waals surface area contributed by atoms with E-state index in [9.17, 15) is 29.0 Å². The van der Waals surface area contributed by atoms with Crippen LogP contribution in [0.3, 0.4) is 0 Å². The number of thioether (sulfide) groups is 3. The molecule has 18 heteroatoms. The third kappa shape index (κ3) is 6.63. The molecular weight excluding hydrogens is 606 g/mol. The average molecular weight is 632 g/mol. The van der Waals surface area contributed by atoms with Crippen LogP contribution in [0.1, 0.15) is 5.69 Å². The summed E-state index contributed by atoms with van der Waals surface area (Å²) < 4.78 is 11.1. The van der Waals surface area contributed by atoms with Crippen LogP contribution in [0, 0.1) is 0 Å². The summed E-state index contributed by atoms with van der Waals surface area (Å²) in [6.45, 7) is -1.45. The minimum Gasteiger partial charge on any atom is -0.480 e. The lowest BCUT2D eigenvalue weighted by atomic mass is 10.0. The molecule has 2 aliphatic heterocycles. The van der Waals surface area contributed by atoms with Gasteiger partial charge in [-0.15, -0.1) is 46.6 Å². The van der Waals surface area contributed by atoms with Crippen LogP contribution in [-0.2, 0) is 19.2 Å². The molecule has 2 aliphatic rings. The van der Waals surface area contributed by atoms with Crippen molar-refractivity contribution >= 4 is 75.2 Å². The molecule has 2 aromatic rings. The average Bonchev–Trinajstić information content (AvgIpc) is 3.38. The zero-order valence-electron chi connectivity index (χ0n) is 20.8. The summed E-state index contributed by atoms with van der Waals surface area (Å²) in [5.41, 5.74) is 11.3. The van der Waals surface area contributed by atoms with E-state index >= 15 is 0 Å². The number of fused-ring (bicyclic) bond motifs is 1. The predicted octanol–water partition coefficient (Wildman–Crippen LogP) is 0.238. The van der Waals surface area contributed by atoms with Gasteiger partial charge in [-0.3, -0.25) is 19.4 Å². The number of oxime groups is 1. The lowest BCUT2D eigenvalue weighted by molar-refractivity contribution is -0.151. The van der Waals surface area contributed by atoms with Gasteiger partial charge in [-0.25, -0.2) is 9.37 Å². The molecule has 2 saturated heterocycles. The Morgan fingerprint density at radius 2 is 2.23 bits per heavy atom. The van der Waals surface area contributed by atoms with E-state index in [0.717, 1.165) is 23.1 Å². The highest BCUT2D eigenvalue weighted by molar-refractivity contribution is 8.06. The molecule has 0 saturated carbocycles. The summed E-state index contributed by atoms with van der Waals surface area (Å²) in [4.78, 5) is 54.4. The molecule has 2 amide bonds. The van der Waals surface area contributed by atoms with E-state index < -0.39 is 46.7 Å². The monoisotopic (exact) mass is 631 g/mol. The summed E-state index contributed by atoms with van der Waals surface area (Å²) in [7, 11) is 0. The fourth-order valence-corrected chi connectivity index (χ4v) is 8.28. The minimum absolute atomic E-state index is 0.0817. The van der Waals surface area contributed by atoms with Crippen molar-refractivity contribution in [2.24, 2.45) is 10.9 Å². The van der Waals surface area contributed by atoms with Crippen LogP contribution in [0.4, 0.5) is 9.52 Å². The summed E-state index contributed by atoms with van der Waals surface area (Å²) in [6, 6.07) is 0.336. The second kappa shape index (κ2) is 13.3. The molecule has 0 aliphatic carbocycles. The Morgan fingerprint density at radius 3 is 2.90 bits per heavy atom. The number of aromatic nitrogens is 2. The number of anilines is 1. The van der Waals surface area contributed by atoms with Crippen molar-refractivity contribution in [2.75, 3.05) is 43.7 Å². The number of aliphatic hydroxyl groups is 1. The Balaban J connectivity index is 1.46. The van der Waals surface area contributed by atoms with E-state index in [1.54, 1.807) is 18.5 Å². The number of carbonyl (C=O) groups excluding carboxylic acids is 2. The number of nitrogens with two attached hydrogens (primary N) is 2. The highest BCUT2D eigenvalue weighted by Crippen LogP contribution is 2.48. The van der Waals surface area contributed by atoms with Gasteiger partial charge in [0.2, 0.25) is 5.91 Å². The highest BCUT2D eigenvalue weighted by atomic mass is 32.2. The maximum Gasteiger partial charge on any atom is 0.322 e. The second-order valence-corrected chi connectivity index (χ2v) is 13.1. The molecule has 40 heavy (non-hydrogen) atoms. The normalized spacial score (nSPS) is 23.2. The van der Waals surface area contributed by atoms with Crippen molar-refractivity contribution in [1.29, 1.82) is 0 Å². The second-order valence-electron chi connectivity index (χ2n) is 8.63. The number of rotatable bonds is 13. The summed E-state index contributed by atoms with van der Waals surface area (Å²) >= 11 is 4.80. The lowest BCUT2D eigenvalue weighted by Crippen LogP contribution is -2.74. The molecule has 0 radical (unpaired) electrons. The molecule has 4 heterocycles. The van der Waals surface area contributed by atoms with Crippen molar-refractivity contribution in [1.82, 2.24) is 20.2 Å². The van der Waals surface area contributed by atoms with Crippen molar-refractivity contribution in [2.45, 2.75) is 32.0 Å². The Kier molecular flexibility index (Phi) is 10.1. The molecule has 4 rings (SSSR count). The number of nitrogens with zero attached hydrogens (tertiary/aromatic N) is 4. The van der Waals surface area contributed by atoms with Crippen molar-refractivity contribution in [3.8, 4) is 0 Å². The van der Waals surface area contributed by atoms with Crippen LogP contribution < -0.4 is 16.8 Å². The molecule has 2 unspecified atom stereocenters. The number of alkyl halides is 1. The molecule has 7 N–H and O–H groups in total. The van der Waals surface area contributed by atoms with Gasteiger partial charge in [0, 0.05) is 51.7 Å². The van der Waals surface area contributed by atoms with E-state index in [0.29, 0.717) is 15.5 Å². The fraction of sp³-hybridized carbons (Fsp3) is 0.455. The maximum absolute atomic E-state index is 13.1. The number of amides is 2. The number of hydrogen-bond acceptors (Lipinski definition) is 14. The van der Waals surface area contributed by atoms with E-state index in [4.69, 9.17) is 16.3 Å². The number of carboxylic acids is 1. The number of aliphatic hydroxyl groups excluding tert-OH is 1. The predicted molar refractivity (Wildman–Crippen MR) is 151 cm³/mol. The van der Waals surface area contributed by atoms with Gasteiger partial charge in [0.25, 0.3) is 5.91 Å². The first-order valence-electron chi connectivity index (χ1n) is 11.7. The quantitative estimate of drug-likeness (QED) is 0.0661. The number of carboxylic acid groups (broad SMARTS) is 1. The van der Waals surface area contributed by atoms with Crippen LogP contribution in [0.5, 0.6) is 0 Å². The van der Waals surface area contributed by atoms with E-state index in [2.05, 4.69) is 20.4 Å². The fourth-order valence-electron chi connectivity index (χ4n) is 3.76. The molecule has 0 bridgehead atoms. The number of hydrogen-bond donors (Lipinski definition) is 5. The third-order valence-corrected chi connectivity index (χ3v) is 10.9. The summed E-state index contributed by atoms with van der Waals surface area (Å²) in [5.74, 6) is -1.72. The molecule has 216 valence electrons. The number of thiazole rings is 1. The van der Waals surface area contributed by atoms with Gasteiger partial charge in [-0.1, -0.05) is 5.16 Å². The summed E-state index contributed by atoms with van der Waals surface area (Å²) in [5, 5.41) is 26.9. The maximum atomic E-state index is 13.1. The van der Waals surface area contributed by atoms with Gasteiger partial charge in [-0.05, 0) is 6.07 Å². The van der Waals surface area contributed by atoms with Crippen LogP contribution in [0.15, 0.2) is 38.8 Å². The van der Waals surface area contributed by atoms with Crippen LogP contribution in [0.25, 0.3) is 0 Å². The van der Waals surface area contributed by atoms with Gasteiger partial charge in [0.05, 0.1) is 6.61 Å². The first-order chi connectivity index (χ1) is 19.2. The standard InChI is InChI=1S/C22H26FN7O6S4/c23-2-4-36-29-15(12-8-38-21(25)27-12)17(32)28-16-18(33)30-9-22(20(34)35,10-39-19(16)30)40-13-1-3-26-5-14(13)37-7-11(24)6-31/h1,3,5,8,11,16,19,31H,2,4,6-7,9-10,24H2,(H2,25,27)(H,28,32)(H,34,35)/t11?,16-,19-,22?/m1/s1. The van der Waals surface area contributed by atoms with E-state index in [-0.39, 0.29) is 42.0 Å². The molecule has 2 aromatic heterocycles. The van der Waals surface area contributed by atoms with E-state index in [1.165, 1.54) is 33.8 Å². The van der Waals surface area contributed by atoms with Gasteiger partial charge >= 0.3 is 5.97 Å².